The summed E-state index contributed by atoms with van der Waals surface area (Å²) in [5.74, 6) is -0.259. The van der Waals surface area contributed by atoms with Gasteiger partial charge in [0.05, 0.1) is 0 Å². The molecule has 98 valence electrons. The average molecular weight is 250 g/mol. The zero-order chi connectivity index (χ0) is 12.8. The number of urea groups is 1. The number of nitrogens with one attached hydrogen (secondary N) is 2. The molecule has 1 saturated carbocycles. The van der Waals surface area contributed by atoms with Gasteiger partial charge in [0, 0.05) is 12.6 Å². The van der Waals surface area contributed by atoms with E-state index >= 15 is 0 Å². The highest BCUT2D eigenvalue weighted by atomic mass is 19.1. The van der Waals surface area contributed by atoms with Crippen LogP contribution >= 0.6 is 0 Å². The number of hydrogen-bond acceptors (Lipinski definition) is 1. The second-order valence-electron chi connectivity index (χ2n) is 4.79. The summed E-state index contributed by atoms with van der Waals surface area (Å²) in [6, 6.07) is 6.33. The summed E-state index contributed by atoms with van der Waals surface area (Å²) in [4.78, 5) is 11.7. The Morgan fingerprint density at radius 1 is 1.17 bits per heavy atom. The number of benzene rings is 1. The van der Waals surface area contributed by atoms with E-state index in [0.717, 1.165) is 18.4 Å². The molecule has 18 heavy (non-hydrogen) atoms. The van der Waals surface area contributed by atoms with Gasteiger partial charge >= 0.3 is 6.03 Å². The molecule has 0 bridgehead atoms. The van der Waals surface area contributed by atoms with Crippen molar-refractivity contribution in [1.29, 1.82) is 0 Å². The largest absolute Gasteiger partial charge is 0.335 e. The van der Waals surface area contributed by atoms with Crippen LogP contribution in [0.4, 0.5) is 9.18 Å². The van der Waals surface area contributed by atoms with Gasteiger partial charge in [0.1, 0.15) is 5.82 Å². The molecule has 0 aliphatic heterocycles. The number of carbonyl (C=O) groups excluding carboxylic acids is 1. The molecule has 4 heteroatoms. The number of halogens is 1. The fourth-order valence-electron chi connectivity index (χ4n) is 2.27. The number of rotatable bonds is 3. The van der Waals surface area contributed by atoms with Gasteiger partial charge in [0.25, 0.3) is 0 Å². The van der Waals surface area contributed by atoms with E-state index in [0.29, 0.717) is 12.6 Å². The Morgan fingerprint density at radius 3 is 2.50 bits per heavy atom. The molecule has 1 aliphatic rings. The molecule has 0 atom stereocenters. The minimum atomic E-state index is -0.259. The van der Waals surface area contributed by atoms with Crippen LogP contribution < -0.4 is 10.6 Å². The Labute approximate surface area is 107 Å². The normalized spacial score (nSPS) is 16.3. The number of hydrogen-bond donors (Lipinski definition) is 2. The Bertz CT molecular complexity index is 385. The van der Waals surface area contributed by atoms with Crippen LogP contribution in [-0.4, -0.2) is 12.1 Å². The third kappa shape index (κ3) is 4.02. The first-order valence-corrected chi connectivity index (χ1v) is 6.53. The van der Waals surface area contributed by atoms with Crippen molar-refractivity contribution in [3.8, 4) is 0 Å². The molecule has 1 fully saturated rings. The monoisotopic (exact) mass is 250 g/mol. The Morgan fingerprint density at radius 2 is 1.83 bits per heavy atom. The molecule has 2 rings (SSSR count). The highest BCUT2D eigenvalue weighted by molar-refractivity contribution is 5.74. The highest BCUT2D eigenvalue weighted by Gasteiger charge is 2.15. The third-order valence-electron chi connectivity index (χ3n) is 3.31. The Balaban J connectivity index is 1.72. The van der Waals surface area contributed by atoms with Crippen molar-refractivity contribution >= 4 is 6.03 Å². The Kier molecular flexibility index (Phi) is 4.56. The molecule has 2 N–H and O–H groups in total. The maximum Gasteiger partial charge on any atom is 0.315 e. The van der Waals surface area contributed by atoms with Gasteiger partial charge in [-0.1, -0.05) is 31.4 Å². The topological polar surface area (TPSA) is 41.1 Å². The molecule has 0 radical (unpaired) electrons. The second kappa shape index (κ2) is 6.38. The SMILES string of the molecule is O=C(NCc1ccc(F)cc1)NC1CCCCC1. The van der Waals surface area contributed by atoms with Crippen LogP contribution in [0.25, 0.3) is 0 Å². The van der Waals surface area contributed by atoms with E-state index < -0.39 is 0 Å². The molecule has 2 amide bonds. The lowest BCUT2D eigenvalue weighted by molar-refractivity contribution is 0.232. The molecule has 1 aromatic rings. The first-order chi connectivity index (χ1) is 8.74. The molecule has 1 aliphatic carbocycles. The van der Waals surface area contributed by atoms with Crippen molar-refractivity contribution in [2.45, 2.75) is 44.7 Å². The van der Waals surface area contributed by atoms with E-state index in [1.807, 2.05) is 0 Å². The molecule has 0 heterocycles. The van der Waals surface area contributed by atoms with Crippen LogP contribution in [0.1, 0.15) is 37.7 Å². The zero-order valence-corrected chi connectivity index (χ0v) is 10.4. The minimum absolute atomic E-state index is 0.133. The smallest absolute Gasteiger partial charge is 0.315 e. The maximum atomic E-state index is 12.7. The van der Waals surface area contributed by atoms with Crippen molar-refractivity contribution in [1.82, 2.24) is 10.6 Å². The van der Waals surface area contributed by atoms with Crippen molar-refractivity contribution in [3.63, 3.8) is 0 Å². The van der Waals surface area contributed by atoms with Crippen LogP contribution in [0.15, 0.2) is 24.3 Å². The fourth-order valence-corrected chi connectivity index (χ4v) is 2.27. The molecular formula is C14H19FN2O. The number of carbonyl (C=O) groups is 1. The van der Waals surface area contributed by atoms with Crippen LogP contribution in [0, 0.1) is 5.82 Å². The van der Waals surface area contributed by atoms with Crippen LogP contribution in [-0.2, 0) is 6.54 Å². The van der Waals surface area contributed by atoms with Crippen molar-refractivity contribution in [2.75, 3.05) is 0 Å². The maximum absolute atomic E-state index is 12.7. The van der Waals surface area contributed by atoms with Gasteiger partial charge in [-0.3, -0.25) is 0 Å². The van der Waals surface area contributed by atoms with Crippen LogP contribution in [0.2, 0.25) is 0 Å². The standard InChI is InChI=1S/C14H19FN2O/c15-12-8-6-11(7-9-12)10-16-14(18)17-13-4-2-1-3-5-13/h6-9,13H,1-5,10H2,(H2,16,17,18). The van der Waals surface area contributed by atoms with Crippen molar-refractivity contribution in [2.24, 2.45) is 0 Å². The summed E-state index contributed by atoms with van der Waals surface area (Å²) in [7, 11) is 0. The summed E-state index contributed by atoms with van der Waals surface area (Å²) in [5.41, 5.74) is 0.898. The average Bonchev–Trinajstić information content (AvgIpc) is 2.39. The van der Waals surface area contributed by atoms with E-state index in [2.05, 4.69) is 10.6 Å². The van der Waals surface area contributed by atoms with Gasteiger partial charge in [0.15, 0.2) is 0 Å². The van der Waals surface area contributed by atoms with Gasteiger partial charge in [0.2, 0.25) is 0 Å². The summed E-state index contributed by atoms with van der Waals surface area (Å²) in [6.45, 7) is 0.429. The van der Waals surface area contributed by atoms with Gasteiger partial charge < -0.3 is 10.6 Å². The highest BCUT2D eigenvalue weighted by Crippen LogP contribution is 2.17. The molecule has 1 aromatic carbocycles. The van der Waals surface area contributed by atoms with Gasteiger partial charge in [-0.15, -0.1) is 0 Å². The first-order valence-electron chi connectivity index (χ1n) is 6.53. The second-order valence-corrected chi connectivity index (χ2v) is 4.79. The van der Waals surface area contributed by atoms with Crippen molar-refractivity contribution < 1.29 is 9.18 Å². The summed E-state index contributed by atoms with van der Waals surface area (Å²) in [5, 5.41) is 5.77. The zero-order valence-electron chi connectivity index (χ0n) is 10.4. The lowest BCUT2D eigenvalue weighted by Crippen LogP contribution is -2.42. The third-order valence-corrected chi connectivity index (χ3v) is 3.31. The van der Waals surface area contributed by atoms with E-state index in [1.54, 1.807) is 12.1 Å². The van der Waals surface area contributed by atoms with Crippen LogP contribution in [0.3, 0.4) is 0 Å². The van der Waals surface area contributed by atoms with E-state index in [-0.39, 0.29) is 11.8 Å². The lowest BCUT2D eigenvalue weighted by atomic mass is 9.96. The predicted molar refractivity (Wildman–Crippen MR) is 68.6 cm³/mol. The van der Waals surface area contributed by atoms with E-state index in [4.69, 9.17) is 0 Å². The predicted octanol–water partition coefficient (Wildman–Crippen LogP) is 2.96. The molecule has 0 unspecified atom stereocenters. The molecule has 0 saturated heterocycles. The summed E-state index contributed by atoms with van der Waals surface area (Å²) in [6.07, 6.45) is 5.81. The van der Waals surface area contributed by atoms with Gasteiger partial charge in [-0.05, 0) is 30.5 Å². The van der Waals surface area contributed by atoms with E-state index in [9.17, 15) is 9.18 Å². The summed E-state index contributed by atoms with van der Waals surface area (Å²) >= 11 is 0. The first kappa shape index (κ1) is 12.9. The number of amides is 2. The fraction of sp³-hybridized carbons (Fsp3) is 0.500. The molecule has 0 aromatic heterocycles. The van der Waals surface area contributed by atoms with Crippen LogP contribution in [0.5, 0.6) is 0 Å². The molecular weight excluding hydrogens is 231 g/mol. The van der Waals surface area contributed by atoms with Gasteiger partial charge in [-0.2, -0.15) is 0 Å². The van der Waals surface area contributed by atoms with E-state index in [1.165, 1.54) is 31.4 Å². The quantitative estimate of drug-likeness (QED) is 0.850. The van der Waals surface area contributed by atoms with Gasteiger partial charge in [-0.25, -0.2) is 9.18 Å². The molecule has 3 nitrogen and oxygen atoms in total. The Hall–Kier alpha value is -1.58. The lowest BCUT2D eigenvalue weighted by Gasteiger charge is -2.22. The minimum Gasteiger partial charge on any atom is -0.335 e. The molecule has 0 spiro atoms. The van der Waals surface area contributed by atoms with Crippen molar-refractivity contribution in [3.05, 3.63) is 35.6 Å². The summed E-state index contributed by atoms with van der Waals surface area (Å²) < 4.78 is 12.7.